The van der Waals surface area contributed by atoms with Gasteiger partial charge >= 0.3 is 0 Å². The predicted octanol–water partition coefficient (Wildman–Crippen LogP) is 3.11. The van der Waals surface area contributed by atoms with E-state index in [1.807, 2.05) is 24.3 Å². The molecule has 0 radical (unpaired) electrons. The molecule has 1 unspecified atom stereocenters. The van der Waals surface area contributed by atoms with Crippen molar-refractivity contribution in [3.8, 4) is 0 Å². The number of carbonyl (C=O) groups is 1. The van der Waals surface area contributed by atoms with E-state index in [-0.39, 0.29) is 17.2 Å². The maximum Gasteiger partial charge on any atom is 0.223 e. The highest BCUT2D eigenvalue weighted by Crippen LogP contribution is 2.51. The van der Waals surface area contributed by atoms with Crippen molar-refractivity contribution in [1.29, 1.82) is 0 Å². The molecule has 1 aliphatic rings. The van der Waals surface area contributed by atoms with Gasteiger partial charge in [-0.05, 0) is 29.5 Å². The fourth-order valence-electron chi connectivity index (χ4n) is 1.87. The summed E-state index contributed by atoms with van der Waals surface area (Å²) in [7, 11) is 0. The molecule has 86 valence electrons. The van der Waals surface area contributed by atoms with Crippen molar-refractivity contribution in [3.05, 3.63) is 34.3 Å². The van der Waals surface area contributed by atoms with Crippen LogP contribution in [0.4, 0.5) is 0 Å². The Bertz CT molecular complexity index is 414. The van der Waals surface area contributed by atoms with E-state index in [1.165, 1.54) is 0 Å². The summed E-state index contributed by atoms with van der Waals surface area (Å²) in [4.78, 5) is 11.8. The lowest BCUT2D eigenvalue weighted by Gasteiger charge is -2.06. The Kier molecular flexibility index (Phi) is 3.06. The second-order valence-electron chi connectivity index (χ2n) is 5.09. The molecule has 2 nitrogen and oxygen atoms in total. The van der Waals surface area contributed by atoms with Gasteiger partial charge < -0.3 is 5.32 Å². The zero-order chi connectivity index (χ0) is 11.8. The SMILES string of the molecule is CC1(C)CC1C(=O)NCc1cccc(Br)c1. The van der Waals surface area contributed by atoms with Crippen molar-refractivity contribution >= 4 is 21.8 Å². The summed E-state index contributed by atoms with van der Waals surface area (Å²) in [6, 6.07) is 8.00. The maximum atomic E-state index is 11.8. The molecule has 1 saturated carbocycles. The molecule has 16 heavy (non-hydrogen) atoms. The van der Waals surface area contributed by atoms with Gasteiger partial charge in [-0.3, -0.25) is 4.79 Å². The van der Waals surface area contributed by atoms with E-state index in [4.69, 9.17) is 0 Å². The molecule has 1 amide bonds. The molecular formula is C13H16BrNO. The van der Waals surface area contributed by atoms with E-state index in [1.54, 1.807) is 0 Å². The van der Waals surface area contributed by atoms with Crippen LogP contribution in [-0.4, -0.2) is 5.91 Å². The molecular weight excluding hydrogens is 266 g/mol. The molecule has 0 aliphatic heterocycles. The van der Waals surface area contributed by atoms with Gasteiger partial charge in [0.1, 0.15) is 0 Å². The van der Waals surface area contributed by atoms with Gasteiger partial charge in [0.15, 0.2) is 0 Å². The minimum atomic E-state index is 0.185. The molecule has 0 spiro atoms. The largest absolute Gasteiger partial charge is 0.352 e. The normalized spacial score (nSPS) is 21.6. The van der Waals surface area contributed by atoms with E-state index in [9.17, 15) is 4.79 Å². The molecule has 2 rings (SSSR count). The second kappa shape index (κ2) is 4.21. The first kappa shape index (κ1) is 11.6. The van der Waals surface area contributed by atoms with Gasteiger partial charge in [-0.25, -0.2) is 0 Å². The Morgan fingerprint density at radius 3 is 2.81 bits per heavy atom. The van der Waals surface area contributed by atoms with Crippen LogP contribution in [0.25, 0.3) is 0 Å². The van der Waals surface area contributed by atoms with Crippen molar-refractivity contribution < 1.29 is 4.79 Å². The lowest BCUT2D eigenvalue weighted by molar-refractivity contribution is -0.123. The van der Waals surface area contributed by atoms with Crippen LogP contribution in [-0.2, 0) is 11.3 Å². The highest BCUT2D eigenvalue weighted by Gasteiger charge is 2.50. The lowest BCUT2D eigenvalue weighted by Crippen LogP contribution is -2.25. The Morgan fingerprint density at radius 2 is 2.25 bits per heavy atom. The van der Waals surface area contributed by atoms with Gasteiger partial charge in [0.2, 0.25) is 5.91 Å². The standard InChI is InChI=1S/C13H16BrNO/c1-13(2)7-11(13)12(16)15-8-9-4-3-5-10(14)6-9/h3-6,11H,7-8H2,1-2H3,(H,15,16). The van der Waals surface area contributed by atoms with Crippen molar-refractivity contribution in [2.24, 2.45) is 11.3 Å². The molecule has 0 bridgehead atoms. The highest BCUT2D eigenvalue weighted by atomic mass is 79.9. The number of rotatable bonds is 3. The smallest absolute Gasteiger partial charge is 0.223 e. The third-order valence-electron chi connectivity index (χ3n) is 3.19. The van der Waals surface area contributed by atoms with Gasteiger partial charge in [-0.15, -0.1) is 0 Å². The van der Waals surface area contributed by atoms with Crippen LogP contribution in [0, 0.1) is 11.3 Å². The van der Waals surface area contributed by atoms with Crippen LogP contribution < -0.4 is 5.32 Å². The predicted molar refractivity (Wildman–Crippen MR) is 67.9 cm³/mol. The molecule has 3 heteroatoms. The topological polar surface area (TPSA) is 29.1 Å². The molecule has 1 aliphatic carbocycles. The molecule has 1 atom stereocenters. The van der Waals surface area contributed by atoms with Gasteiger partial charge in [0.05, 0.1) is 0 Å². The maximum absolute atomic E-state index is 11.8. The molecule has 1 fully saturated rings. The van der Waals surface area contributed by atoms with E-state index in [2.05, 4.69) is 35.1 Å². The summed E-state index contributed by atoms with van der Waals surface area (Å²) < 4.78 is 1.05. The Balaban J connectivity index is 1.86. The van der Waals surface area contributed by atoms with Crippen LogP contribution in [0.3, 0.4) is 0 Å². The summed E-state index contributed by atoms with van der Waals surface area (Å²) in [5.41, 5.74) is 1.34. The average molecular weight is 282 g/mol. The van der Waals surface area contributed by atoms with Gasteiger partial charge in [0, 0.05) is 16.9 Å². The zero-order valence-corrected chi connectivity index (χ0v) is 11.2. The van der Waals surface area contributed by atoms with Crippen LogP contribution in [0.15, 0.2) is 28.7 Å². The fraction of sp³-hybridized carbons (Fsp3) is 0.462. The van der Waals surface area contributed by atoms with Crippen molar-refractivity contribution in [3.63, 3.8) is 0 Å². The molecule has 0 aromatic heterocycles. The van der Waals surface area contributed by atoms with Crippen molar-refractivity contribution in [1.82, 2.24) is 5.32 Å². The third kappa shape index (κ3) is 2.64. The summed E-state index contributed by atoms with van der Waals surface area (Å²) in [6.45, 7) is 4.89. The van der Waals surface area contributed by atoms with E-state index in [0.29, 0.717) is 6.54 Å². The number of benzene rings is 1. The van der Waals surface area contributed by atoms with Crippen molar-refractivity contribution in [2.45, 2.75) is 26.8 Å². The van der Waals surface area contributed by atoms with E-state index >= 15 is 0 Å². The van der Waals surface area contributed by atoms with E-state index < -0.39 is 0 Å². The molecule has 1 N–H and O–H groups in total. The minimum absolute atomic E-state index is 0.185. The van der Waals surface area contributed by atoms with Gasteiger partial charge in [0.25, 0.3) is 0 Å². The monoisotopic (exact) mass is 281 g/mol. The second-order valence-corrected chi connectivity index (χ2v) is 6.01. The third-order valence-corrected chi connectivity index (χ3v) is 3.68. The van der Waals surface area contributed by atoms with Gasteiger partial charge in [-0.1, -0.05) is 41.9 Å². The first-order chi connectivity index (χ1) is 7.49. The quantitative estimate of drug-likeness (QED) is 0.906. The molecule has 0 heterocycles. The average Bonchev–Trinajstić information content (AvgIpc) is 2.85. The van der Waals surface area contributed by atoms with Crippen LogP contribution in [0.1, 0.15) is 25.8 Å². The Morgan fingerprint density at radius 1 is 1.56 bits per heavy atom. The lowest BCUT2D eigenvalue weighted by atomic mass is 10.1. The number of hydrogen-bond acceptors (Lipinski definition) is 1. The summed E-state index contributed by atoms with van der Waals surface area (Å²) in [5.74, 6) is 0.393. The first-order valence-corrected chi connectivity index (χ1v) is 6.30. The van der Waals surface area contributed by atoms with Crippen molar-refractivity contribution in [2.75, 3.05) is 0 Å². The number of nitrogens with one attached hydrogen (secondary N) is 1. The number of amides is 1. The molecule has 0 saturated heterocycles. The molecule has 1 aromatic carbocycles. The summed E-state index contributed by atoms with van der Waals surface area (Å²) >= 11 is 3.42. The van der Waals surface area contributed by atoms with Crippen LogP contribution in [0.5, 0.6) is 0 Å². The summed E-state index contributed by atoms with van der Waals surface area (Å²) in [6.07, 6.45) is 1.01. The highest BCUT2D eigenvalue weighted by molar-refractivity contribution is 9.10. The van der Waals surface area contributed by atoms with E-state index in [0.717, 1.165) is 16.5 Å². The Hall–Kier alpha value is -0.830. The Labute approximate surface area is 105 Å². The summed E-state index contributed by atoms with van der Waals surface area (Å²) in [5, 5.41) is 2.98. The number of hydrogen-bond donors (Lipinski definition) is 1. The van der Waals surface area contributed by atoms with Gasteiger partial charge in [-0.2, -0.15) is 0 Å². The fourth-order valence-corrected chi connectivity index (χ4v) is 2.32. The number of carbonyl (C=O) groups excluding carboxylic acids is 1. The molecule has 1 aromatic rings. The number of halogens is 1. The van der Waals surface area contributed by atoms with Crippen LogP contribution in [0.2, 0.25) is 0 Å². The minimum Gasteiger partial charge on any atom is -0.352 e. The van der Waals surface area contributed by atoms with Crippen LogP contribution >= 0.6 is 15.9 Å². The zero-order valence-electron chi connectivity index (χ0n) is 9.59. The first-order valence-electron chi connectivity index (χ1n) is 5.51.